The lowest BCUT2D eigenvalue weighted by molar-refractivity contribution is -0.688. The van der Waals surface area contributed by atoms with Gasteiger partial charge in [-0.3, -0.25) is 4.79 Å². The predicted molar refractivity (Wildman–Crippen MR) is 86.8 cm³/mol. The monoisotopic (exact) mass is 299 g/mol. The minimum atomic E-state index is 0.0242. The maximum atomic E-state index is 12.3. The van der Waals surface area contributed by atoms with E-state index in [1.807, 2.05) is 83.7 Å². The Morgan fingerprint density at radius 3 is 2.09 bits per heavy atom. The maximum absolute atomic E-state index is 12.3. The molecule has 0 atom stereocenters. The van der Waals surface area contributed by atoms with Gasteiger partial charge in [-0.15, -0.1) is 0 Å². The molecular weight excluding hydrogens is 284 g/mol. The summed E-state index contributed by atoms with van der Waals surface area (Å²) < 4.78 is 2.00. The van der Waals surface area contributed by atoms with Crippen molar-refractivity contribution in [3.63, 3.8) is 0 Å². The molecule has 0 aliphatic heterocycles. The Labute approximate surface area is 135 Å². The predicted octanol–water partition coefficient (Wildman–Crippen LogP) is 3.13. The van der Waals surface area contributed by atoms with E-state index in [9.17, 15) is 4.79 Å². The Bertz CT molecular complexity index is 845. The number of carbonyl (C=O) groups excluding carboxylic acids is 1. The number of ketones is 1. The molecule has 0 spiro atoms. The molecule has 110 valence electrons. The quantitative estimate of drug-likeness (QED) is 0.549. The number of rotatable bonds is 4. The zero-order chi connectivity index (χ0) is 16.1. The van der Waals surface area contributed by atoms with Gasteiger partial charge in [0, 0.05) is 28.8 Å². The largest absolute Gasteiger partial charge is 0.289 e. The zero-order valence-electron chi connectivity index (χ0n) is 12.5. The van der Waals surface area contributed by atoms with Crippen LogP contribution in [-0.4, -0.2) is 5.78 Å². The van der Waals surface area contributed by atoms with Gasteiger partial charge in [0.05, 0.1) is 11.6 Å². The van der Waals surface area contributed by atoms with Gasteiger partial charge < -0.3 is 0 Å². The highest BCUT2D eigenvalue weighted by atomic mass is 16.1. The maximum Gasteiger partial charge on any atom is 0.193 e. The molecule has 0 amide bonds. The summed E-state index contributed by atoms with van der Waals surface area (Å²) in [5, 5.41) is 8.81. The lowest BCUT2D eigenvalue weighted by Gasteiger charge is -2.01. The smallest absolute Gasteiger partial charge is 0.193 e. The van der Waals surface area contributed by atoms with Crippen LogP contribution in [0.2, 0.25) is 0 Å². The van der Waals surface area contributed by atoms with Crippen LogP contribution in [0.25, 0.3) is 0 Å². The van der Waals surface area contributed by atoms with E-state index >= 15 is 0 Å². The summed E-state index contributed by atoms with van der Waals surface area (Å²) in [4.78, 5) is 12.3. The van der Waals surface area contributed by atoms with Crippen LogP contribution >= 0.6 is 0 Å². The first kappa shape index (κ1) is 14.7. The number of nitrogens with zero attached hydrogens (tertiary/aromatic N) is 2. The van der Waals surface area contributed by atoms with Crippen LogP contribution in [0.3, 0.4) is 0 Å². The third kappa shape index (κ3) is 3.50. The van der Waals surface area contributed by atoms with E-state index in [1.54, 1.807) is 0 Å². The summed E-state index contributed by atoms with van der Waals surface area (Å²) >= 11 is 0. The summed E-state index contributed by atoms with van der Waals surface area (Å²) in [7, 11) is 0. The van der Waals surface area contributed by atoms with Crippen molar-refractivity contribution in [2.75, 3.05) is 0 Å². The number of carbonyl (C=O) groups is 1. The summed E-state index contributed by atoms with van der Waals surface area (Å²) in [5.74, 6) is 0.0242. The van der Waals surface area contributed by atoms with Crippen molar-refractivity contribution < 1.29 is 9.36 Å². The molecular formula is C20H15N2O+. The van der Waals surface area contributed by atoms with Gasteiger partial charge in [0.1, 0.15) is 0 Å². The molecule has 0 N–H and O–H groups in total. The Balaban J connectivity index is 1.74. The van der Waals surface area contributed by atoms with E-state index in [-0.39, 0.29) is 5.78 Å². The minimum Gasteiger partial charge on any atom is -0.289 e. The van der Waals surface area contributed by atoms with Crippen molar-refractivity contribution in [2.24, 2.45) is 0 Å². The summed E-state index contributed by atoms with van der Waals surface area (Å²) in [5.41, 5.74) is 3.13. The summed E-state index contributed by atoms with van der Waals surface area (Å²) in [6, 6.07) is 22.5. The van der Waals surface area contributed by atoms with E-state index in [4.69, 9.17) is 5.26 Å². The van der Waals surface area contributed by atoms with Gasteiger partial charge >= 0.3 is 0 Å². The van der Waals surface area contributed by atoms with E-state index in [1.165, 1.54) is 0 Å². The van der Waals surface area contributed by atoms with Crippen LogP contribution in [-0.2, 0) is 6.54 Å². The SMILES string of the molecule is N#Cc1ccc(C[n+]2ccc(C(=O)c3ccccc3)cc2)cc1. The van der Waals surface area contributed by atoms with Crippen LogP contribution in [0.15, 0.2) is 79.1 Å². The van der Waals surface area contributed by atoms with E-state index in [2.05, 4.69) is 6.07 Å². The van der Waals surface area contributed by atoms with Crippen LogP contribution < -0.4 is 4.57 Å². The standard InChI is InChI=1S/C20H15N2O/c21-14-16-6-8-17(9-7-16)15-22-12-10-19(11-13-22)20(23)18-4-2-1-3-5-18/h1-13H,15H2/q+1. The van der Waals surface area contributed by atoms with E-state index in [0.29, 0.717) is 23.2 Å². The Hall–Kier alpha value is -3.25. The normalized spacial score (nSPS) is 10.0. The average Bonchev–Trinajstić information content (AvgIpc) is 2.63. The molecule has 1 heterocycles. The second kappa shape index (κ2) is 6.67. The van der Waals surface area contributed by atoms with Gasteiger partial charge in [-0.1, -0.05) is 42.5 Å². The number of hydrogen-bond acceptors (Lipinski definition) is 2. The van der Waals surface area contributed by atoms with Crippen LogP contribution in [0.4, 0.5) is 0 Å². The first-order chi connectivity index (χ1) is 11.3. The van der Waals surface area contributed by atoms with Crippen molar-refractivity contribution in [2.45, 2.75) is 6.54 Å². The molecule has 0 radical (unpaired) electrons. The van der Waals surface area contributed by atoms with Crippen molar-refractivity contribution in [1.29, 1.82) is 5.26 Å². The van der Waals surface area contributed by atoms with Crippen LogP contribution in [0.1, 0.15) is 27.0 Å². The Kier molecular flexibility index (Phi) is 4.26. The van der Waals surface area contributed by atoms with E-state index in [0.717, 1.165) is 5.56 Å². The fraction of sp³-hybridized carbons (Fsp3) is 0.0500. The fourth-order valence-electron chi connectivity index (χ4n) is 2.37. The second-order valence-electron chi connectivity index (χ2n) is 5.26. The van der Waals surface area contributed by atoms with Crippen molar-refractivity contribution in [3.8, 4) is 6.07 Å². The van der Waals surface area contributed by atoms with Crippen molar-refractivity contribution in [3.05, 3.63) is 101 Å². The first-order valence-corrected chi connectivity index (χ1v) is 7.34. The van der Waals surface area contributed by atoms with Crippen molar-refractivity contribution in [1.82, 2.24) is 0 Å². The zero-order valence-corrected chi connectivity index (χ0v) is 12.5. The molecule has 0 fully saturated rings. The van der Waals surface area contributed by atoms with Gasteiger partial charge in [0.25, 0.3) is 0 Å². The Morgan fingerprint density at radius 2 is 1.48 bits per heavy atom. The molecule has 0 bridgehead atoms. The molecule has 23 heavy (non-hydrogen) atoms. The summed E-state index contributed by atoms with van der Waals surface area (Å²) in [6.07, 6.45) is 3.79. The summed E-state index contributed by atoms with van der Waals surface area (Å²) in [6.45, 7) is 0.700. The lowest BCUT2D eigenvalue weighted by atomic mass is 10.0. The molecule has 3 nitrogen and oxygen atoms in total. The Morgan fingerprint density at radius 1 is 0.870 bits per heavy atom. The molecule has 0 aliphatic rings. The lowest BCUT2D eigenvalue weighted by Crippen LogP contribution is -2.33. The van der Waals surface area contributed by atoms with Crippen LogP contribution in [0, 0.1) is 11.3 Å². The van der Waals surface area contributed by atoms with Gasteiger partial charge in [-0.25, -0.2) is 4.57 Å². The van der Waals surface area contributed by atoms with Crippen molar-refractivity contribution >= 4 is 5.78 Å². The van der Waals surface area contributed by atoms with E-state index < -0.39 is 0 Å². The fourth-order valence-corrected chi connectivity index (χ4v) is 2.37. The molecule has 3 heteroatoms. The van der Waals surface area contributed by atoms with Gasteiger partial charge in [0.15, 0.2) is 24.7 Å². The molecule has 0 saturated carbocycles. The average molecular weight is 299 g/mol. The van der Waals surface area contributed by atoms with Gasteiger partial charge in [0.2, 0.25) is 0 Å². The number of pyridine rings is 1. The third-order valence-electron chi connectivity index (χ3n) is 3.64. The molecule has 0 saturated heterocycles. The third-order valence-corrected chi connectivity index (χ3v) is 3.64. The van der Waals surface area contributed by atoms with Gasteiger partial charge in [-0.05, 0) is 12.1 Å². The molecule has 3 rings (SSSR count). The highest BCUT2D eigenvalue weighted by Gasteiger charge is 2.10. The number of hydrogen-bond donors (Lipinski definition) is 0. The second-order valence-corrected chi connectivity index (χ2v) is 5.26. The number of benzene rings is 2. The minimum absolute atomic E-state index is 0.0242. The molecule has 0 unspecified atom stereocenters. The first-order valence-electron chi connectivity index (χ1n) is 7.34. The molecule has 3 aromatic rings. The van der Waals surface area contributed by atoms with Gasteiger partial charge in [-0.2, -0.15) is 5.26 Å². The highest BCUT2D eigenvalue weighted by Crippen LogP contribution is 2.08. The number of nitriles is 1. The molecule has 2 aromatic carbocycles. The van der Waals surface area contributed by atoms with Crippen LogP contribution in [0.5, 0.6) is 0 Å². The molecule has 0 aliphatic carbocycles. The topological polar surface area (TPSA) is 44.7 Å². The molecule has 1 aromatic heterocycles. The highest BCUT2D eigenvalue weighted by molar-refractivity contribution is 6.08. The number of aromatic nitrogens is 1.